The van der Waals surface area contributed by atoms with Crippen LogP contribution in [-0.2, 0) is 30.0 Å². The molecule has 36 heavy (non-hydrogen) atoms. The van der Waals surface area contributed by atoms with E-state index in [0.29, 0.717) is 13.1 Å². The van der Waals surface area contributed by atoms with E-state index in [-0.39, 0.29) is 18.4 Å². The van der Waals surface area contributed by atoms with E-state index in [4.69, 9.17) is 0 Å². The van der Waals surface area contributed by atoms with Gasteiger partial charge in [-0.1, -0.05) is 121 Å². The number of nitrogens with zero attached hydrogens (tertiary/aromatic N) is 2. The number of benzene rings is 4. The Labute approximate surface area is 213 Å². The quantitative estimate of drug-likeness (QED) is 0.353. The average Bonchev–Trinajstić information content (AvgIpc) is 3.16. The summed E-state index contributed by atoms with van der Waals surface area (Å²) in [7, 11) is 0. The first-order chi connectivity index (χ1) is 17.6. The summed E-state index contributed by atoms with van der Waals surface area (Å²) in [6.07, 6.45) is 0.0824. The van der Waals surface area contributed by atoms with Gasteiger partial charge in [-0.15, -0.1) is 0 Å². The average molecular weight is 477 g/mol. The van der Waals surface area contributed by atoms with Gasteiger partial charge in [0.25, 0.3) is 0 Å². The van der Waals surface area contributed by atoms with E-state index in [1.807, 2.05) is 77.7 Å². The summed E-state index contributed by atoms with van der Waals surface area (Å²) in [5.41, 5.74) is 2.99. The van der Waals surface area contributed by atoms with Crippen LogP contribution in [0.25, 0.3) is 0 Å². The second-order valence-corrected chi connectivity index (χ2v) is 9.63. The molecular formula is C32H32N2O2. The zero-order chi connectivity index (χ0) is 24.8. The summed E-state index contributed by atoms with van der Waals surface area (Å²) < 4.78 is 0. The maximum absolute atomic E-state index is 13.4. The summed E-state index contributed by atoms with van der Waals surface area (Å²) in [5, 5.41) is 12.1. The van der Waals surface area contributed by atoms with Crippen LogP contribution in [-0.4, -0.2) is 33.4 Å². The number of carbonyl (C=O) groups excluding carboxylic acids is 1. The molecule has 1 amide bonds. The minimum atomic E-state index is -1.27. The van der Waals surface area contributed by atoms with Crippen LogP contribution in [0.1, 0.15) is 28.7 Å². The summed E-state index contributed by atoms with van der Waals surface area (Å²) >= 11 is 0. The van der Waals surface area contributed by atoms with Gasteiger partial charge in [0, 0.05) is 26.2 Å². The molecule has 0 aliphatic carbocycles. The second-order valence-electron chi connectivity index (χ2n) is 9.63. The molecule has 2 unspecified atom stereocenters. The van der Waals surface area contributed by atoms with Crippen molar-refractivity contribution in [3.63, 3.8) is 0 Å². The minimum absolute atomic E-state index is 0.0189. The second kappa shape index (κ2) is 10.9. The zero-order valence-corrected chi connectivity index (χ0v) is 20.4. The molecule has 0 spiro atoms. The van der Waals surface area contributed by atoms with Crippen LogP contribution in [0, 0.1) is 0 Å². The third kappa shape index (κ3) is 5.40. The van der Waals surface area contributed by atoms with Crippen molar-refractivity contribution in [2.24, 2.45) is 0 Å². The molecule has 0 saturated carbocycles. The van der Waals surface area contributed by atoms with E-state index in [1.165, 1.54) is 11.1 Å². The van der Waals surface area contributed by atoms with Gasteiger partial charge in [-0.2, -0.15) is 0 Å². The van der Waals surface area contributed by atoms with Crippen LogP contribution in [0.3, 0.4) is 0 Å². The number of hydrogen-bond donors (Lipinski definition) is 1. The van der Waals surface area contributed by atoms with Crippen LogP contribution >= 0.6 is 0 Å². The van der Waals surface area contributed by atoms with Crippen LogP contribution < -0.4 is 0 Å². The molecule has 1 aliphatic rings. The molecule has 1 aliphatic heterocycles. The Morgan fingerprint density at radius 3 is 1.64 bits per heavy atom. The van der Waals surface area contributed by atoms with Crippen LogP contribution in [0.15, 0.2) is 121 Å². The van der Waals surface area contributed by atoms with E-state index < -0.39 is 5.60 Å². The summed E-state index contributed by atoms with van der Waals surface area (Å²) in [6, 6.07) is 40.1. The first-order valence-electron chi connectivity index (χ1n) is 12.5. The highest BCUT2D eigenvalue weighted by Gasteiger charge is 2.52. The summed E-state index contributed by atoms with van der Waals surface area (Å²) in [5.74, 6) is -0.0189. The van der Waals surface area contributed by atoms with Gasteiger partial charge in [0.1, 0.15) is 5.60 Å². The van der Waals surface area contributed by atoms with Crippen LogP contribution in [0.2, 0.25) is 0 Å². The predicted octanol–water partition coefficient (Wildman–Crippen LogP) is 5.38. The Hall–Kier alpha value is -3.73. The third-order valence-corrected chi connectivity index (χ3v) is 7.07. The largest absolute Gasteiger partial charge is 0.382 e. The molecule has 4 heteroatoms. The number of rotatable bonds is 9. The minimum Gasteiger partial charge on any atom is -0.382 e. The SMILES string of the molecule is O=C1CC(O)(c2ccccc2)C(CN(Cc2ccccc2)Cc2ccccc2)N1Cc1ccccc1. The van der Waals surface area contributed by atoms with Gasteiger partial charge in [-0.3, -0.25) is 9.69 Å². The molecule has 1 fully saturated rings. The van der Waals surface area contributed by atoms with Gasteiger partial charge in [0.15, 0.2) is 0 Å². The monoisotopic (exact) mass is 476 g/mol. The zero-order valence-electron chi connectivity index (χ0n) is 20.4. The predicted molar refractivity (Wildman–Crippen MR) is 143 cm³/mol. The highest BCUT2D eigenvalue weighted by atomic mass is 16.3. The van der Waals surface area contributed by atoms with Crippen molar-refractivity contribution in [1.29, 1.82) is 0 Å². The van der Waals surface area contributed by atoms with E-state index >= 15 is 0 Å². The van der Waals surface area contributed by atoms with Crippen LogP contribution in [0.5, 0.6) is 0 Å². The topological polar surface area (TPSA) is 43.8 Å². The molecule has 4 aromatic rings. The molecule has 4 aromatic carbocycles. The van der Waals surface area contributed by atoms with Gasteiger partial charge in [0.2, 0.25) is 5.91 Å². The molecular weight excluding hydrogens is 444 g/mol. The van der Waals surface area contributed by atoms with Crippen molar-refractivity contribution in [3.8, 4) is 0 Å². The molecule has 4 nitrogen and oxygen atoms in total. The standard InChI is InChI=1S/C32H32N2O2/c35-31-21-32(36,29-19-11-4-12-20-29)30(34(31)24-28-17-9-3-10-18-28)25-33(22-26-13-5-1-6-14-26)23-27-15-7-2-8-16-27/h1-20,30,36H,21-25H2. The lowest BCUT2D eigenvalue weighted by atomic mass is 9.85. The van der Waals surface area contributed by atoms with Crippen molar-refractivity contribution in [3.05, 3.63) is 144 Å². The molecule has 1 N–H and O–H groups in total. The van der Waals surface area contributed by atoms with Gasteiger partial charge in [-0.25, -0.2) is 0 Å². The molecule has 1 heterocycles. The smallest absolute Gasteiger partial charge is 0.226 e. The van der Waals surface area contributed by atoms with E-state index in [1.54, 1.807) is 0 Å². The van der Waals surface area contributed by atoms with E-state index in [2.05, 4.69) is 53.4 Å². The molecule has 0 radical (unpaired) electrons. The molecule has 0 bridgehead atoms. The highest BCUT2D eigenvalue weighted by Crippen LogP contribution is 2.40. The Bertz CT molecular complexity index is 1210. The van der Waals surface area contributed by atoms with Gasteiger partial charge < -0.3 is 10.0 Å². The normalized spacial score (nSPS) is 19.7. The number of carbonyl (C=O) groups is 1. The van der Waals surface area contributed by atoms with Crippen molar-refractivity contribution < 1.29 is 9.90 Å². The number of aliphatic hydroxyl groups is 1. The Balaban J connectivity index is 1.50. The van der Waals surface area contributed by atoms with Gasteiger partial charge in [0.05, 0.1) is 12.5 Å². The summed E-state index contributed by atoms with van der Waals surface area (Å²) in [6.45, 7) is 2.48. The van der Waals surface area contributed by atoms with Crippen LogP contribution in [0.4, 0.5) is 0 Å². The first kappa shape index (κ1) is 24.0. The number of likely N-dealkylation sites (tertiary alicyclic amines) is 1. The Morgan fingerprint density at radius 2 is 1.14 bits per heavy atom. The van der Waals surface area contributed by atoms with Gasteiger partial charge in [-0.05, 0) is 22.3 Å². The maximum atomic E-state index is 13.4. The van der Waals surface area contributed by atoms with Crippen molar-refractivity contribution in [2.45, 2.75) is 37.7 Å². The van der Waals surface area contributed by atoms with Crippen molar-refractivity contribution in [2.75, 3.05) is 6.54 Å². The highest BCUT2D eigenvalue weighted by molar-refractivity contribution is 5.81. The third-order valence-electron chi connectivity index (χ3n) is 7.07. The fourth-order valence-corrected chi connectivity index (χ4v) is 5.24. The lowest BCUT2D eigenvalue weighted by Crippen LogP contribution is -2.50. The number of amides is 1. The van der Waals surface area contributed by atoms with Crippen molar-refractivity contribution in [1.82, 2.24) is 9.80 Å². The Morgan fingerprint density at radius 1 is 0.694 bits per heavy atom. The maximum Gasteiger partial charge on any atom is 0.226 e. The molecule has 5 rings (SSSR count). The lowest BCUT2D eigenvalue weighted by molar-refractivity contribution is -0.129. The molecule has 0 aromatic heterocycles. The van der Waals surface area contributed by atoms with Gasteiger partial charge >= 0.3 is 0 Å². The summed E-state index contributed by atoms with van der Waals surface area (Å²) in [4.78, 5) is 17.7. The van der Waals surface area contributed by atoms with E-state index in [9.17, 15) is 9.90 Å². The number of hydrogen-bond acceptors (Lipinski definition) is 3. The first-order valence-corrected chi connectivity index (χ1v) is 12.5. The molecule has 1 saturated heterocycles. The van der Waals surface area contributed by atoms with Crippen molar-refractivity contribution >= 4 is 5.91 Å². The fourth-order valence-electron chi connectivity index (χ4n) is 5.24. The fraction of sp³-hybridized carbons (Fsp3) is 0.219. The molecule has 2 atom stereocenters. The lowest BCUT2D eigenvalue weighted by Gasteiger charge is -2.38. The Kier molecular flexibility index (Phi) is 7.26. The van der Waals surface area contributed by atoms with E-state index in [0.717, 1.165) is 24.2 Å². The molecule has 182 valence electrons.